The number of fused-ring (bicyclic) bond motifs is 2. The average molecular weight is 429 g/mol. The van der Waals surface area contributed by atoms with Crippen LogP contribution in [-0.2, 0) is 30.6 Å². The predicted octanol–water partition coefficient (Wildman–Crippen LogP) is 3.06. The van der Waals surface area contributed by atoms with Crippen LogP contribution in [0.1, 0.15) is 18.9 Å². The van der Waals surface area contributed by atoms with Crippen LogP contribution < -0.4 is 0 Å². The lowest BCUT2D eigenvalue weighted by atomic mass is 9.64. The summed E-state index contributed by atoms with van der Waals surface area (Å²) in [6.45, 7) is 2.30. The fourth-order valence-corrected chi connectivity index (χ4v) is 4.82. The third-order valence-electron chi connectivity index (χ3n) is 6.15. The quantitative estimate of drug-likeness (QED) is 0.417. The number of hydrogen-bond acceptors (Lipinski definition) is 6. The highest BCUT2D eigenvalue weighted by Gasteiger charge is 2.55. The van der Waals surface area contributed by atoms with Crippen molar-refractivity contribution in [3.05, 3.63) is 47.5 Å². The van der Waals surface area contributed by atoms with Gasteiger partial charge in [-0.15, -0.1) is 12.8 Å². The number of carbonyl (C=O) groups is 3. The SMILES string of the molecule is C#C.CC1OC(=O)C2C=C3CN(C(=O)OF)CCC3C(C(=O)OCc3ccccc3)C12. The molecule has 2 heterocycles. The van der Waals surface area contributed by atoms with Gasteiger partial charge < -0.3 is 14.4 Å². The summed E-state index contributed by atoms with van der Waals surface area (Å²) in [6, 6.07) is 9.35. The van der Waals surface area contributed by atoms with Gasteiger partial charge in [-0.25, -0.2) is 9.74 Å². The normalized spacial score (nSPS) is 28.6. The van der Waals surface area contributed by atoms with Crippen LogP contribution in [0.25, 0.3) is 0 Å². The standard InChI is InChI=1S/C21H22FNO6.C2H2/c1-12-17-16(19(24)28-12)9-14-10-23(21(26)29-22)8-7-15(14)18(17)20(25)27-11-13-5-3-2-4-6-13;1-2/h2-6,9,12,15-18H,7-8,10-11H2,1H3;1-2H. The molecule has 0 saturated carbocycles. The lowest BCUT2D eigenvalue weighted by molar-refractivity contribution is -0.156. The van der Waals surface area contributed by atoms with Crippen LogP contribution >= 0.6 is 0 Å². The maximum Gasteiger partial charge on any atom is 0.447 e. The van der Waals surface area contributed by atoms with Gasteiger partial charge in [-0.3, -0.25) is 9.59 Å². The molecule has 4 rings (SSSR count). The van der Waals surface area contributed by atoms with E-state index < -0.39 is 24.0 Å². The Morgan fingerprint density at radius 1 is 1.26 bits per heavy atom. The molecule has 2 saturated heterocycles. The van der Waals surface area contributed by atoms with Crippen molar-refractivity contribution in [3.8, 4) is 12.8 Å². The van der Waals surface area contributed by atoms with Crippen molar-refractivity contribution in [1.82, 2.24) is 4.90 Å². The van der Waals surface area contributed by atoms with E-state index in [1.807, 2.05) is 30.3 Å². The Hall–Kier alpha value is -3.34. The first kappa shape index (κ1) is 22.3. The summed E-state index contributed by atoms with van der Waals surface area (Å²) < 4.78 is 23.3. The molecule has 1 aromatic carbocycles. The summed E-state index contributed by atoms with van der Waals surface area (Å²) in [5.41, 5.74) is 1.62. The number of cyclic esters (lactones) is 1. The summed E-state index contributed by atoms with van der Waals surface area (Å²) in [5.74, 6) is -2.43. The Labute approximate surface area is 180 Å². The molecule has 2 fully saturated rings. The number of amides is 1. The Balaban J connectivity index is 0.00000132. The van der Waals surface area contributed by atoms with Gasteiger partial charge in [-0.2, -0.15) is 0 Å². The molecule has 5 atom stereocenters. The first-order valence-electron chi connectivity index (χ1n) is 10.0. The van der Waals surface area contributed by atoms with E-state index in [2.05, 4.69) is 17.8 Å². The van der Waals surface area contributed by atoms with Crippen LogP contribution in [0.4, 0.5) is 9.32 Å². The number of nitrogens with zero attached hydrogens (tertiary/aromatic N) is 1. The topological polar surface area (TPSA) is 82.1 Å². The molecule has 1 aromatic rings. The van der Waals surface area contributed by atoms with Crippen molar-refractivity contribution in [2.45, 2.75) is 26.1 Å². The van der Waals surface area contributed by atoms with Crippen LogP contribution in [0.5, 0.6) is 0 Å². The molecule has 0 N–H and O–H groups in total. The second-order valence-electron chi connectivity index (χ2n) is 7.77. The number of likely N-dealkylation sites (tertiary alicyclic amines) is 1. The van der Waals surface area contributed by atoms with Crippen LogP contribution in [0, 0.1) is 36.5 Å². The number of ether oxygens (including phenoxy) is 2. The van der Waals surface area contributed by atoms with E-state index in [-0.39, 0.29) is 43.5 Å². The molecule has 1 aliphatic carbocycles. The minimum Gasteiger partial charge on any atom is -0.462 e. The van der Waals surface area contributed by atoms with Gasteiger partial charge in [-0.1, -0.05) is 36.4 Å². The highest BCUT2D eigenvalue weighted by Crippen LogP contribution is 2.48. The Kier molecular flexibility index (Phi) is 6.95. The maximum atomic E-state index is 13.1. The maximum absolute atomic E-state index is 13.1. The monoisotopic (exact) mass is 429 g/mol. The van der Waals surface area contributed by atoms with Gasteiger partial charge in [0, 0.05) is 23.5 Å². The minimum atomic E-state index is -1.07. The molecule has 8 heteroatoms. The Morgan fingerprint density at radius 2 is 1.97 bits per heavy atom. The van der Waals surface area contributed by atoms with E-state index >= 15 is 0 Å². The van der Waals surface area contributed by atoms with Gasteiger partial charge in [0.2, 0.25) is 0 Å². The minimum absolute atomic E-state index is 0.112. The second-order valence-corrected chi connectivity index (χ2v) is 7.77. The molecule has 0 spiro atoms. The van der Waals surface area contributed by atoms with Gasteiger partial charge >= 0.3 is 18.0 Å². The van der Waals surface area contributed by atoms with Crippen molar-refractivity contribution in [2.75, 3.05) is 13.1 Å². The summed E-state index contributed by atoms with van der Waals surface area (Å²) in [4.78, 5) is 41.6. The first-order chi connectivity index (χ1) is 15.0. The van der Waals surface area contributed by atoms with Crippen LogP contribution in [-0.4, -0.2) is 42.1 Å². The van der Waals surface area contributed by atoms with E-state index in [0.717, 1.165) is 11.1 Å². The van der Waals surface area contributed by atoms with Crippen molar-refractivity contribution in [3.63, 3.8) is 0 Å². The fraction of sp³-hybridized carbons (Fsp3) is 0.435. The van der Waals surface area contributed by atoms with Crippen LogP contribution in [0.15, 0.2) is 42.0 Å². The average Bonchev–Trinajstić information content (AvgIpc) is 3.09. The highest BCUT2D eigenvalue weighted by molar-refractivity contribution is 5.82. The van der Waals surface area contributed by atoms with E-state index in [1.54, 1.807) is 13.0 Å². The van der Waals surface area contributed by atoms with E-state index in [9.17, 15) is 18.9 Å². The predicted molar refractivity (Wildman–Crippen MR) is 108 cm³/mol. The molecule has 0 radical (unpaired) electrons. The van der Waals surface area contributed by atoms with Crippen molar-refractivity contribution in [2.24, 2.45) is 23.7 Å². The number of terminal acetylenes is 1. The molecule has 164 valence electrons. The lowest BCUT2D eigenvalue weighted by Gasteiger charge is -2.42. The fourth-order valence-electron chi connectivity index (χ4n) is 4.82. The van der Waals surface area contributed by atoms with Crippen LogP contribution in [0.2, 0.25) is 0 Å². The Morgan fingerprint density at radius 3 is 2.65 bits per heavy atom. The van der Waals surface area contributed by atoms with Crippen molar-refractivity contribution in [1.29, 1.82) is 0 Å². The smallest absolute Gasteiger partial charge is 0.447 e. The zero-order valence-corrected chi connectivity index (χ0v) is 17.1. The summed E-state index contributed by atoms with van der Waals surface area (Å²) in [7, 11) is 0. The summed E-state index contributed by atoms with van der Waals surface area (Å²) >= 11 is 0. The van der Waals surface area contributed by atoms with Crippen molar-refractivity contribution >= 4 is 18.0 Å². The zero-order valence-electron chi connectivity index (χ0n) is 17.1. The number of carbonyl (C=O) groups excluding carboxylic acids is 3. The molecule has 3 aliphatic rings. The van der Waals surface area contributed by atoms with Crippen LogP contribution in [0.3, 0.4) is 0 Å². The number of benzene rings is 1. The molecule has 2 aliphatic heterocycles. The number of rotatable bonds is 3. The summed E-state index contributed by atoms with van der Waals surface area (Å²) in [6.07, 6.45) is 8.75. The second kappa shape index (κ2) is 9.65. The molecule has 7 nitrogen and oxygen atoms in total. The lowest BCUT2D eigenvalue weighted by Crippen LogP contribution is -2.49. The molecule has 0 aromatic heterocycles. The highest BCUT2D eigenvalue weighted by atomic mass is 19.3. The number of halogens is 1. The largest absolute Gasteiger partial charge is 0.462 e. The number of piperidine rings is 1. The number of esters is 2. The molecular weight excluding hydrogens is 405 g/mol. The van der Waals surface area contributed by atoms with Gasteiger partial charge in [0.15, 0.2) is 0 Å². The van der Waals surface area contributed by atoms with Gasteiger partial charge in [0.25, 0.3) is 0 Å². The molecule has 1 amide bonds. The third kappa shape index (κ3) is 4.41. The van der Waals surface area contributed by atoms with Gasteiger partial charge in [0.1, 0.15) is 12.7 Å². The first-order valence-corrected chi connectivity index (χ1v) is 10.0. The third-order valence-corrected chi connectivity index (χ3v) is 6.15. The Bertz CT molecular complexity index is 883. The number of hydrogen-bond donors (Lipinski definition) is 0. The van der Waals surface area contributed by atoms with Gasteiger partial charge in [-0.05, 0) is 30.4 Å². The van der Waals surface area contributed by atoms with E-state index in [4.69, 9.17) is 9.47 Å². The molecule has 31 heavy (non-hydrogen) atoms. The van der Waals surface area contributed by atoms with E-state index in [1.165, 1.54) is 4.90 Å². The van der Waals surface area contributed by atoms with E-state index in [0.29, 0.717) is 6.42 Å². The van der Waals surface area contributed by atoms with Gasteiger partial charge in [0.05, 0.1) is 11.8 Å². The molecule has 5 unspecified atom stereocenters. The molecular formula is C23H24FNO6. The molecule has 0 bridgehead atoms. The van der Waals surface area contributed by atoms with Crippen molar-refractivity contribution < 1.29 is 33.3 Å². The zero-order chi connectivity index (χ0) is 22.5. The summed E-state index contributed by atoms with van der Waals surface area (Å²) in [5, 5.41) is 0.